The minimum atomic E-state index is -0.298. The van der Waals surface area contributed by atoms with Crippen molar-refractivity contribution in [3.8, 4) is 0 Å². The molecular weight excluding hydrogens is 219 g/mol. The van der Waals surface area contributed by atoms with Crippen LogP contribution in [0.1, 0.15) is 31.5 Å². The highest BCUT2D eigenvalue weighted by molar-refractivity contribution is 5.21. The Morgan fingerprint density at radius 3 is 3.12 bits per heavy atom. The largest absolute Gasteiger partial charge is 0.496 e. The van der Waals surface area contributed by atoms with Gasteiger partial charge in [0.05, 0.1) is 6.61 Å². The quantitative estimate of drug-likeness (QED) is 0.872. The molecular formula is C13H17FN2O. The molecule has 3 nitrogen and oxygen atoms in total. The van der Waals surface area contributed by atoms with Crippen LogP contribution in [0.4, 0.5) is 4.39 Å². The van der Waals surface area contributed by atoms with Crippen LogP contribution >= 0.6 is 0 Å². The molecule has 17 heavy (non-hydrogen) atoms. The third-order valence-corrected chi connectivity index (χ3v) is 2.72. The van der Waals surface area contributed by atoms with E-state index >= 15 is 0 Å². The minimum absolute atomic E-state index is 0.276. The van der Waals surface area contributed by atoms with Gasteiger partial charge in [-0.25, -0.2) is 4.39 Å². The summed E-state index contributed by atoms with van der Waals surface area (Å²) in [4.78, 5) is 4.11. The minimum Gasteiger partial charge on any atom is -0.496 e. The van der Waals surface area contributed by atoms with E-state index in [0.29, 0.717) is 12.3 Å². The average molecular weight is 236 g/mol. The van der Waals surface area contributed by atoms with E-state index in [0.717, 1.165) is 25.1 Å². The molecule has 0 bridgehead atoms. The molecule has 2 heterocycles. The zero-order valence-corrected chi connectivity index (χ0v) is 9.95. The Bertz CT molecular complexity index is 406. The zero-order valence-electron chi connectivity index (χ0n) is 9.95. The van der Waals surface area contributed by atoms with E-state index in [2.05, 4.69) is 10.3 Å². The maximum Gasteiger partial charge on any atom is 0.146 e. The lowest BCUT2D eigenvalue weighted by Crippen LogP contribution is -2.27. The molecule has 1 aromatic heterocycles. The molecule has 1 aliphatic rings. The number of allylic oxidation sites excluding steroid dienone is 1. The lowest BCUT2D eigenvalue weighted by molar-refractivity contribution is 0.166. The van der Waals surface area contributed by atoms with Gasteiger partial charge in [-0.15, -0.1) is 0 Å². The first kappa shape index (κ1) is 12.0. The van der Waals surface area contributed by atoms with Gasteiger partial charge in [0, 0.05) is 6.20 Å². The van der Waals surface area contributed by atoms with E-state index in [4.69, 9.17) is 4.74 Å². The van der Waals surface area contributed by atoms with Gasteiger partial charge in [0.15, 0.2) is 0 Å². The van der Waals surface area contributed by atoms with Crippen molar-refractivity contribution >= 4 is 0 Å². The molecule has 1 N–H and O–H groups in total. The summed E-state index contributed by atoms with van der Waals surface area (Å²) < 4.78 is 19.3. The lowest BCUT2D eigenvalue weighted by Gasteiger charge is -2.24. The monoisotopic (exact) mass is 236 g/mol. The zero-order chi connectivity index (χ0) is 12.1. The van der Waals surface area contributed by atoms with Crippen molar-refractivity contribution < 1.29 is 9.13 Å². The van der Waals surface area contributed by atoms with Gasteiger partial charge in [-0.2, -0.15) is 0 Å². The van der Waals surface area contributed by atoms with Gasteiger partial charge in [-0.3, -0.25) is 4.98 Å². The molecule has 0 saturated heterocycles. The van der Waals surface area contributed by atoms with E-state index in [-0.39, 0.29) is 11.9 Å². The van der Waals surface area contributed by atoms with E-state index < -0.39 is 0 Å². The number of ether oxygens (including phenoxy) is 1. The summed E-state index contributed by atoms with van der Waals surface area (Å²) in [7, 11) is 0. The average Bonchev–Trinajstić information content (AvgIpc) is 2.38. The molecule has 0 fully saturated rings. The Morgan fingerprint density at radius 1 is 1.59 bits per heavy atom. The fourth-order valence-corrected chi connectivity index (χ4v) is 1.92. The summed E-state index contributed by atoms with van der Waals surface area (Å²) in [6.07, 6.45) is 5.62. The van der Waals surface area contributed by atoms with Crippen molar-refractivity contribution in [2.24, 2.45) is 0 Å². The van der Waals surface area contributed by atoms with Crippen LogP contribution in [0, 0.1) is 5.82 Å². The molecule has 2 rings (SSSR count). The Labute approximate surface area is 101 Å². The number of nitrogens with one attached hydrogen (secondary N) is 1. The summed E-state index contributed by atoms with van der Waals surface area (Å²) in [5, 5.41) is 3.21. The van der Waals surface area contributed by atoms with Crippen LogP contribution in [0.3, 0.4) is 0 Å². The number of pyridine rings is 1. The van der Waals surface area contributed by atoms with Gasteiger partial charge in [0.25, 0.3) is 0 Å². The van der Waals surface area contributed by atoms with E-state index in [9.17, 15) is 4.39 Å². The number of rotatable bonds is 4. The second-order valence-corrected chi connectivity index (χ2v) is 3.96. The van der Waals surface area contributed by atoms with Crippen LogP contribution in [0.5, 0.6) is 0 Å². The second kappa shape index (κ2) is 5.77. The number of hydrogen-bond acceptors (Lipinski definition) is 3. The van der Waals surface area contributed by atoms with Gasteiger partial charge < -0.3 is 10.1 Å². The van der Waals surface area contributed by atoms with E-state index in [1.54, 1.807) is 12.3 Å². The van der Waals surface area contributed by atoms with Gasteiger partial charge in [-0.05, 0) is 37.6 Å². The third-order valence-electron chi connectivity index (χ3n) is 2.72. The highest BCUT2D eigenvalue weighted by atomic mass is 19.1. The highest BCUT2D eigenvalue weighted by Crippen LogP contribution is 2.26. The van der Waals surface area contributed by atoms with Crippen LogP contribution in [0.25, 0.3) is 0 Å². The predicted molar refractivity (Wildman–Crippen MR) is 63.9 cm³/mol. The standard InChI is InChI=1S/C13H17FN2O/c1-2-15-13(11-7-3-4-9-17-11)12-10(14)6-5-8-16-12/h5-8,13,15H,2-4,9H2,1H3. The SMILES string of the molecule is CCNC(C1=CCCCO1)c1ncccc1F. The Kier molecular flexibility index (Phi) is 4.09. The van der Waals surface area contributed by atoms with Crippen LogP contribution < -0.4 is 5.32 Å². The van der Waals surface area contributed by atoms with Crippen molar-refractivity contribution in [3.63, 3.8) is 0 Å². The van der Waals surface area contributed by atoms with E-state index in [1.807, 2.05) is 13.0 Å². The Morgan fingerprint density at radius 2 is 2.47 bits per heavy atom. The van der Waals surface area contributed by atoms with Crippen LogP contribution in [-0.4, -0.2) is 18.1 Å². The highest BCUT2D eigenvalue weighted by Gasteiger charge is 2.23. The number of halogens is 1. The molecule has 1 unspecified atom stereocenters. The molecule has 0 amide bonds. The molecule has 1 atom stereocenters. The second-order valence-electron chi connectivity index (χ2n) is 3.96. The maximum atomic E-state index is 13.7. The van der Waals surface area contributed by atoms with Crippen LogP contribution in [-0.2, 0) is 4.74 Å². The summed E-state index contributed by atoms with van der Waals surface area (Å²) >= 11 is 0. The molecule has 4 heteroatoms. The summed E-state index contributed by atoms with van der Waals surface area (Å²) in [6.45, 7) is 3.42. The first-order chi connectivity index (χ1) is 8.33. The predicted octanol–water partition coefficient (Wildman–Crippen LogP) is 2.57. The summed E-state index contributed by atoms with van der Waals surface area (Å²) in [5.41, 5.74) is 0.405. The number of likely N-dealkylation sites (N-methyl/N-ethyl adjacent to an activating group) is 1. The fourth-order valence-electron chi connectivity index (χ4n) is 1.92. The maximum absolute atomic E-state index is 13.7. The van der Waals surface area contributed by atoms with Gasteiger partial charge in [-0.1, -0.05) is 6.92 Å². The van der Waals surface area contributed by atoms with Crippen molar-refractivity contribution in [1.82, 2.24) is 10.3 Å². The first-order valence-corrected chi connectivity index (χ1v) is 5.99. The lowest BCUT2D eigenvalue weighted by atomic mass is 10.1. The number of hydrogen-bond donors (Lipinski definition) is 1. The molecule has 0 aromatic carbocycles. The summed E-state index contributed by atoms with van der Waals surface area (Å²) in [5.74, 6) is 0.490. The molecule has 1 aromatic rings. The van der Waals surface area contributed by atoms with Crippen molar-refractivity contribution in [3.05, 3.63) is 41.7 Å². The topological polar surface area (TPSA) is 34.1 Å². The molecule has 0 saturated carbocycles. The number of nitrogens with zero attached hydrogens (tertiary/aromatic N) is 1. The molecule has 1 aliphatic heterocycles. The smallest absolute Gasteiger partial charge is 0.146 e. The normalized spacial score (nSPS) is 17.2. The molecule has 0 radical (unpaired) electrons. The van der Waals surface area contributed by atoms with Gasteiger partial charge in [0.1, 0.15) is 23.3 Å². The van der Waals surface area contributed by atoms with Gasteiger partial charge >= 0.3 is 0 Å². The van der Waals surface area contributed by atoms with Crippen LogP contribution in [0.15, 0.2) is 30.2 Å². The third kappa shape index (κ3) is 2.82. The molecule has 0 spiro atoms. The number of aromatic nitrogens is 1. The summed E-state index contributed by atoms with van der Waals surface area (Å²) in [6, 6.07) is 2.75. The van der Waals surface area contributed by atoms with Crippen molar-refractivity contribution in [1.29, 1.82) is 0 Å². The molecule has 0 aliphatic carbocycles. The van der Waals surface area contributed by atoms with E-state index in [1.165, 1.54) is 6.07 Å². The molecule has 92 valence electrons. The van der Waals surface area contributed by atoms with Crippen molar-refractivity contribution in [2.75, 3.05) is 13.2 Å². The Balaban J connectivity index is 2.28. The van der Waals surface area contributed by atoms with Crippen LogP contribution in [0.2, 0.25) is 0 Å². The first-order valence-electron chi connectivity index (χ1n) is 5.99. The van der Waals surface area contributed by atoms with Gasteiger partial charge in [0.2, 0.25) is 0 Å². The fraction of sp³-hybridized carbons (Fsp3) is 0.462. The Hall–Kier alpha value is -1.42. The van der Waals surface area contributed by atoms with Crippen molar-refractivity contribution in [2.45, 2.75) is 25.8 Å².